The third-order valence-electron chi connectivity index (χ3n) is 2.97. The Morgan fingerprint density at radius 2 is 2.06 bits per heavy atom. The minimum atomic E-state index is -0.917. The second kappa shape index (κ2) is 5.81. The van der Waals surface area contributed by atoms with Crippen molar-refractivity contribution in [2.24, 2.45) is 5.73 Å². The molecule has 1 aliphatic heterocycles. The van der Waals surface area contributed by atoms with Gasteiger partial charge in [0.25, 0.3) is 0 Å². The smallest absolute Gasteiger partial charge is 0.320 e. The van der Waals surface area contributed by atoms with Crippen LogP contribution in [0.1, 0.15) is 19.8 Å². The van der Waals surface area contributed by atoms with E-state index in [1.807, 2.05) is 0 Å². The lowest BCUT2D eigenvalue weighted by molar-refractivity contribution is -0.144. The first kappa shape index (κ1) is 12.9. The van der Waals surface area contributed by atoms with Gasteiger partial charge in [-0.1, -0.05) is 0 Å². The van der Waals surface area contributed by atoms with Crippen LogP contribution in [-0.4, -0.2) is 53.6 Å². The molecule has 0 aliphatic carbocycles. The van der Waals surface area contributed by atoms with Crippen molar-refractivity contribution < 1.29 is 14.7 Å². The number of carboxylic acids is 1. The van der Waals surface area contributed by atoms with Crippen LogP contribution >= 0.6 is 0 Å². The van der Waals surface area contributed by atoms with Gasteiger partial charge < -0.3 is 16.2 Å². The van der Waals surface area contributed by atoms with Gasteiger partial charge in [0.2, 0.25) is 5.91 Å². The summed E-state index contributed by atoms with van der Waals surface area (Å²) in [5, 5.41) is 12.2. The second-order valence-electron chi connectivity index (χ2n) is 4.13. The monoisotopic (exact) mass is 229 g/mol. The van der Waals surface area contributed by atoms with Crippen LogP contribution in [0.4, 0.5) is 0 Å². The van der Waals surface area contributed by atoms with Crippen molar-refractivity contribution in [1.29, 1.82) is 0 Å². The highest BCUT2D eigenvalue weighted by atomic mass is 16.4. The zero-order valence-corrected chi connectivity index (χ0v) is 9.48. The van der Waals surface area contributed by atoms with Crippen LogP contribution in [0.25, 0.3) is 0 Å². The molecule has 92 valence electrons. The van der Waals surface area contributed by atoms with Gasteiger partial charge in [0.05, 0.1) is 6.54 Å². The maximum absolute atomic E-state index is 11.0. The Bertz CT molecular complexity index is 264. The van der Waals surface area contributed by atoms with Crippen LogP contribution in [0.2, 0.25) is 0 Å². The fourth-order valence-corrected chi connectivity index (χ4v) is 2.04. The highest BCUT2D eigenvalue weighted by Gasteiger charge is 2.29. The zero-order valence-electron chi connectivity index (χ0n) is 9.48. The maximum atomic E-state index is 11.0. The summed E-state index contributed by atoms with van der Waals surface area (Å²) in [7, 11) is 0. The van der Waals surface area contributed by atoms with Crippen molar-refractivity contribution in [3.8, 4) is 0 Å². The largest absolute Gasteiger partial charge is 0.480 e. The topological polar surface area (TPSA) is 95.7 Å². The number of carboxylic acid groups (broad SMARTS) is 1. The number of primary amides is 1. The summed E-state index contributed by atoms with van der Waals surface area (Å²) in [6.07, 6.45) is 1.70. The molecule has 1 saturated heterocycles. The molecule has 4 N–H and O–H groups in total. The van der Waals surface area contributed by atoms with Crippen LogP contribution < -0.4 is 11.1 Å². The minimum absolute atomic E-state index is 0.0120. The Hall–Kier alpha value is -1.14. The lowest BCUT2D eigenvalue weighted by Crippen LogP contribution is -2.52. The first-order valence-corrected chi connectivity index (χ1v) is 5.50. The van der Waals surface area contributed by atoms with Gasteiger partial charge in [-0.05, 0) is 32.9 Å². The molecule has 1 fully saturated rings. The predicted molar refractivity (Wildman–Crippen MR) is 58.9 cm³/mol. The molecule has 0 radical (unpaired) electrons. The van der Waals surface area contributed by atoms with E-state index in [0.29, 0.717) is 0 Å². The van der Waals surface area contributed by atoms with Gasteiger partial charge in [-0.2, -0.15) is 0 Å². The number of amides is 1. The van der Waals surface area contributed by atoms with Gasteiger partial charge in [-0.25, -0.2) is 0 Å². The van der Waals surface area contributed by atoms with Gasteiger partial charge in [0.15, 0.2) is 0 Å². The molecule has 6 nitrogen and oxygen atoms in total. The van der Waals surface area contributed by atoms with E-state index < -0.39 is 17.9 Å². The van der Waals surface area contributed by atoms with Gasteiger partial charge in [0.1, 0.15) is 6.04 Å². The SMILES string of the molecule is CC(C(=O)O)N(CC(N)=O)C1CCNCC1. The number of carbonyl (C=O) groups is 2. The molecule has 16 heavy (non-hydrogen) atoms. The average Bonchev–Trinajstić information content (AvgIpc) is 2.26. The standard InChI is InChI=1S/C10H19N3O3/c1-7(10(15)16)13(6-9(11)14)8-2-4-12-5-3-8/h7-8,12H,2-6H2,1H3,(H2,11,14)(H,15,16). The molecule has 0 aromatic carbocycles. The Morgan fingerprint density at radius 3 is 2.50 bits per heavy atom. The van der Waals surface area contributed by atoms with Gasteiger partial charge >= 0.3 is 5.97 Å². The molecule has 0 aromatic rings. The Kier molecular flexibility index (Phi) is 4.70. The molecule has 1 aliphatic rings. The van der Waals surface area contributed by atoms with E-state index in [-0.39, 0.29) is 12.6 Å². The molecular weight excluding hydrogens is 210 g/mol. The fourth-order valence-electron chi connectivity index (χ4n) is 2.04. The Balaban J connectivity index is 2.68. The number of rotatable bonds is 5. The van der Waals surface area contributed by atoms with E-state index in [1.54, 1.807) is 11.8 Å². The molecular formula is C10H19N3O3. The summed E-state index contributed by atoms with van der Waals surface area (Å²) in [5.41, 5.74) is 5.15. The van der Waals surface area contributed by atoms with Crippen LogP contribution in [0.15, 0.2) is 0 Å². The van der Waals surface area contributed by atoms with Gasteiger partial charge in [-0.3, -0.25) is 14.5 Å². The Labute approximate surface area is 94.8 Å². The lowest BCUT2D eigenvalue weighted by atomic mass is 10.0. The second-order valence-corrected chi connectivity index (χ2v) is 4.13. The van der Waals surface area contributed by atoms with Crippen LogP contribution in [0.5, 0.6) is 0 Å². The number of hydrogen-bond acceptors (Lipinski definition) is 4. The van der Waals surface area contributed by atoms with Crippen LogP contribution in [0.3, 0.4) is 0 Å². The van der Waals surface area contributed by atoms with E-state index in [1.165, 1.54) is 0 Å². The number of nitrogens with two attached hydrogens (primary N) is 1. The molecule has 1 heterocycles. The van der Waals surface area contributed by atoms with E-state index in [2.05, 4.69) is 5.32 Å². The van der Waals surface area contributed by atoms with Crippen molar-refractivity contribution in [2.75, 3.05) is 19.6 Å². The molecule has 6 heteroatoms. The fraction of sp³-hybridized carbons (Fsp3) is 0.800. The summed E-state index contributed by atoms with van der Waals surface area (Å²) in [6.45, 7) is 3.31. The number of piperidine rings is 1. The lowest BCUT2D eigenvalue weighted by Gasteiger charge is -2.36. The normalized spacial score (nSPS) is 19.6. The van der Waals surface area contributed by atoms with E-state index >= 15 is 0 Å². The van der Waals surface area contributed by atoms with Crippen molar-refractivity contribution in [1.82, 2.24) is 10.2 Å². The number of carbonyl (C=O) groups excluding carboxylic acids is 1. The summed E-state index contributed by atoms with van der Waals surface area (Å²) in [6, 6.07) is -0.546. The number of hydrogen-bond donors (Lipinski definition) is 3. The quantitative estimate of drug-likeness (QED) is 0.562. The van der Waals surface area contributed by atoms with Crippen LogP contribution in [0, 0.1) is 0 Å². The molecule has 0 spiro atoms. The summed E-state index contributed by atoms with van der Waals surface area (Å²) in [5.74, 6) is -1.40. The first-order chi connectivity index (χ1) is 7.52. The molecule has 0 bridgehead atoms. The van der Waals surface area contributed by atoms with Crippen molar-refractivity contribution in [3.05, 3.63) is 0 Å². The Morgan fingerprint density at radius 1 is 1.50 bits per heavy atom. The highest BCUT2D eigenvalue weighted by Crippen LogP contribution is 2.14. The average molecular weight is 229 g/mol. The predicted octanol–water partition coefficient (Wildman–Crippen LogP) is -1.00. The van der Waals surface area contributed by atoms with Crippen molar-refractivity contribution in [2.45, 2.75) is 31.8 Å². The molecule has 1 atom stereocenters. The maximum Gasteiger partial charge on any atom is 0.320 e. The van der Waals surface area contributed by atoms with Crippen molar-refractivity contribution >= 4 is 11.9 Å². The molecule has 0 saturated carbocycles. The third kappa shape index (κ3) is 3.46. The third-order valence-corrected chi connectivity index (χ3v) is 2.97. The number of nitrogens with one attached hydrogen (secondary N) is 1. The summed E-state index contributed by atoms with van der Waals surface area (Å²) in [4.78, 5) is 23.6. The van der Waals surface area contributed by atoms with E-state index in [0.717, 1.165) is 25.9 Å². The van der Waals surface area contributed by atoms with Gasteiger partial charge in [-0.15, -0.1) is 0 Å². The molecule has 0 aromatic heterocycles. The molecule has 1 rings (SSSR count). The van der Waals surface area contributed by atoms with Crippen LogP contribution in [-0.2, 0) is 9.59 Å². The van der Waals surface area contributed by atoms with E-state index in [9.17, 15) is 9.59 Å². The number of aliphatic carboxylic acids is 1. The first-order valence-electron chi connectivity index (χ1n) is 5.50. The summed E-state index contributed by atoms with van der Waals surface area (Å²) >= 11 is 0. The zero-order chi connectivity index (χ0) is 12.1. The van der Waals surface area contributed by atoms with Crippen molar-refractivity contribution in [3.63, 3.8) is 0 Å². The minimum Gasteiger partial charge on any atom is -0.480 e. The molecule has 1 amide bonds. The highest BCUT2D eigenvalue weighted by molar-refractivity contribution is 5.78. The van der Waals surface area contributed by atoms with E-state index in [4.69, 9.17) is 10.8 Å². The molecule has 1 unspecified atom stereocenters. The summed E-state index contributed by atoms with van der Waals surface area (Å²) < 4.78 is 0. The van der Waals surface area contributed by atoms with Gasteiger partial charge in [0, 0.05) is 6.04 Å². The number of nitrogens with zero attached hydrogens (tertiary/aromatic N) is 1.